The van der Waals surface area contributed by atoms with Gasteiger partial charge in [0, 0.05) is 0 Å². The van der Waals surface area contributed by atoms with Gasteiger partial charge in [-0.05, 0) is 19.4 Å². The Kier molecular flexibility index (Phi) is 6.19. The molecule has 0 aliphatic heterocycles. The third kappa shape index (κ3) is 5.94. The molecule has 0 heterocycles. The molecule has 0 saturated carbocycles. The molecule has 7 nitrogen and oxygen atoms in total. The van der Waals surface area contributed by atoms with Crippen molar-refractivity contribution in [3.05, 3.63) is 35.9 Å². The highest BCUT2D eigenvalue weighted by Crippen LogP contribution is 2.00. The van der Waals surface area contributed by atoms with E-state index >= 15 is 0 Å². The normalized spacial score (nSPS) is 12.9. The number of benzene rings is 1. The number of carbonyl (C=O) groups is 3. The molecule has 0 saturated heterocycles. The molecular formula is C14H19N3O4. The van der Waals surface area contributed by atoms with Crippen molar-refractivity contribution in [2.45, 2.75) is 32.5 Å². The summed E-state index contributed by atoms with van der Waals surface area (Å²) in [6.07, 6.45) is -0.715. The van der Waals surface area contributed by atoms with Gasteiger partial charge in [0.2, 0.25) is 11.8 Å². The molecule has 0 fully saturated rings. The number of nitrogens with one attached hydrogen (secondary N) is 2. The number of hydrogen-bond donors (Lipinski definition) is 3. The Balaban J connectivity index is 2.36. The van der Waals surface area contributed by atoms with Crippen LogP contribution in [0.1, 0.15) is 19.4 Å². The van der Waals surface area contributed by atoms with Crippen molar-refractivity contribution in [2.75, 3.05) is 0 Å². The first-order valence-corrected chi connectivity index (χ1v) is 6.47. The molecule has 0 aromatic heterocycles. The number of primary amides is 1. The van der Waals surface area contributed by atoms with Crippen molar-refractivity contribution in [3.8, 4) is 0 Å². The highest BCUT2D eigenvalue weighted by Gasteiger charge is 2.19. The Morgan fingerprint density at radius 2 is 1.71 bits per heavy atom. The summed E-state index contributed by atoms with van der Waals surface area (Å²) in [6, 6.07) is 7.51. The highest BCUT2D eigenvalue weighted by molar-refractivity contribution is 5.90. The summed E-state index contributed by atoms with van der Waals surface area (Å²) in [5.41, 5.74) is 5.87. The molecule has 0 unspecified atom stereocenters. The number of rotatable bonds is 6. The van der Waals surface area contributed by atoms with E-state index in [4.69, 9.17) is 10.5 Å². The summed E-state index contributed by atoms with van der Waals surface area (Å²) in [4.78, 5) is 34.1. The van der Waals surface area contributed by atoms with Gasteiger partial charge in [0.25, 0.3) is 0 Å². The largest absolute Gasteiger partial charge is 0.445 e. The molecule has 21 heavy (non-hydrogen) atoms. The van der Waals surface area contributed by atoms with Crippen LogP contribution in [-0.2, 0) is 20.9 Å². The van der Waals surface area contributed by atoms with Crippen LogP contribution in [0.15, 0.2) is 30.3 Å². The number of amides is 3. The number of ether oxygens (including phenoxy) is 1. The minimum Gasteiger partial charge on any atom is -0.445 e. The number of alkyl carbamates (subject to hydrolysis) is 1. The van der Waals surface area contributed by atoms with E-state index in [-0.39, 0.29) is 6.61 Å². The van der Waals surface area contributed by atoms with Crippen molar-refractivity contribution in [1.82, 2.24) is 10.6 Å². The molecule has 0 radical (unpaired) electrons. The Labute approximate surface area is 122 Å². The van der Waals surface area contributed by atoms with E-state index in [2.05, 4.69) is 10.6 Å². The molecule has 0 aliphatic carbocycles. The van der Waals surface area contributed by atoms with Crippen LogP contribution in [-0.4, -0.2) is 30.0 Å². The van der Waals surface area contributed by atoms with Crippen molar-refractivity contribution < 1.29 is 19.1 Å². The molecule has 3 amide bonds. The van der Waals surface area contributed by atoms with Gasteiger partial charge in [-0.3, -0.25) is 9.59 Å². The van der Waals surface area contributed by atoms with Gasteiger partial charge < -0.3 is 21.1 Å². The summed E-state index contributed by atoms with van der Waals surface area (Å²) in [6.45, 7) is 3.05. The average Bonchev–Trinajstić information content (AvgIpc) is 2.45. The maximum atomic E-state index is 11.7. The van der Waals surface area contributed by atoms with Crippen molar-refractivity contribution in [1.29, 1.82) is 0 Å². The van der Waals surface area contributed by atoms with E-state index in [0.29, 0.717) is 0 Å². The predicted octanol–water partition coefficient (Wildman–Crippen LogP) is 0.291. The van der Waals surface area contributed by atoms with Crippen LogP contribution in [0.5, 0.6) is 0 Å². The minimum absolute atomic E-state index is 0.110. The number of nitrogens with two attached hydrogens (primary N) is 1. The van der Waals surface area contributed by atoms with Crippen molar-refractivity contribution in [2.24, 2.45) is 5.73 Å². The fourth-order valence-electron chi connectivity index (χ4n) is 1.42. The minimum atomic E-state index is -0.838. The summed E-state index contributed by atoms with van der Waals surface area (Å²) in [5, 5.41) is 4.74. The maximum Gasteiger partial charge on any atom is 0.408 e. The quantitative estimate of drug-likeness (QED) is 0.700. The molecule has 0 aliphatic rings. The van der Waals surface area contributed by atoms with E-state index in [1.54, 1.807) is 0 Å². The average molecular weight is 293 g/mol. The van der Waals surface area contributed by atoms with Crippen LogP contribution in [0.3, 0.4) is 0 Å². The molecule has 0 spiro atoms. The smallest absolute Gasteiger partial charge is 0.408 e. The van der Waals surface area contributed by atoms with Crippen LogP contribution >= 0.6 is 0 Å². The zero-order valence-corrected chi connectivity index (χ0v) is 12.0. The summed E-state index contributed by atoms with van der Waals surface area (Å²) in [7, 11) is 0. The fourth-order valence-corrected chi connectivity index (χ4v) is 1.42. The molecule has 7 heteroatoms. The zero-order valence-electron chi connectivity index (χ0n) is 12.0. The second kappa shape index (κ2) is 7.88. The second-order valence-electron chi connectivity index (χ2n) is 4.56. The summed E-state index contributed by atoms with van der Waals surface area (Å²) in [5.74, 6) is -1.17. The lowest BCUT2D eigenvalue weighted by Crippen LogP contribution is -2.50. The van der Waals surface area contributed by atoms with E-state index in [1.807, 2.05) is 30.3 Å². The standard InChI is InChI=1S/C14H19N3O4/c1-9(12(15)18)16-13(19)10(2)17-14(20)21-8-11-6-4-3-5-7-11/h3-7,9-10H,8H2,1-2H3,(H2,15,18)(H,16,19)(H,17,20)/t9-,10+/m1/s1. The first-order chi connectivity index (χ1) is 9.90. The molecule has 4 N–H and O–H groups in total. The van der Waals surface area contributed by atoms with Crippen LogP contribution in [0, 0.1) is 0 Å². The van der Waals surface area contributed by atoms with Crippen molar-refractivity contribution in [3.63, 3.8) is 0 Å². The third-order valence-corrected chi connectivity index (χ3v) is 2.73. The lowest BCUT2D eigenvalue weighted by atomic mass is 10.2. The third-order valence-electron chi connectivity index (χ3n) is 2.73. The topological polar surface area (TPSA) is 111 Å². The van der Waals surface area contributed by atoms with Crippen LogP contribution in [0.2, 0.25) is 0 Å². The molecule has 0 bridgehead atoms. The SMILES string of the molecule is C[C@H](NC(=O)OCc1ccccc1)C(=O)N[C@H](C)C(N)=O. The Morgan fingerprint density at radius 1 is 1.10 bits per heavy atom. The van der Waals surface area contributed by atoms with Gasteiger partial charge in [-0.1, -0.05) is 30.3 Å². The maximum absolute atomic E-state index is 11.7. The van der Waals surface area contributed by atoms with Crippen LogP contribution in [0.4, 0.5) is 4.79 Å². The Bertz CT molecular complexity index is 504. The van der Waals surface area contributed by atoms with E-state index in [9.17, 15) is 14.4 Å². The van der Waals surface area contributed by atoms with E-state index in [0.717, 1.165) is 5.56 Å². The summed E-state index contributed by atoms with van der Waals surface area (Å²) < 4.78 is 4.98. The Morgan fingerprint density at radius 3 is 2.29 bits per heavy atom. The number of hydrogen-bond acceptors (Lipinski definition) is 4. The van der Waals surface area contributed by atoms with Gasteiger partial charge in [-0.2, -0.15) is 0 Å². The molecule has 1 aromatic carbocycles. The van der Waals surface area contributed by atoms with E-state index < -0.39 is 30.0 Å². The van der Waals surface area contributed by atoms with Crippen LogP contribution < -0.4 is 16.4 Å². The second-order valence-corrected chi connectivity index (χ2v) is 4.56. The lowest BCUT2D eigenvalue weighted by molar-refractivity contribution is -0.127. The van der Waals surface area contributed by atoms with Gasteiger partial charge in [0.05, 0.1) is 0 Å². The van der Waals surface area contributed by atoms with Gasteiger partial charge in [0.1, 0.15) is 18.7 Å². The molecule has 2 atom stereocenters. The molecular weight excluding hydrogens is 274 g/mol. The van der Waals surface area contributed by atoms with E-state index in [1.165, 1.54) is 13.8 Å². The van der Waals surface area contributed by atoms with Crippen molar-refractivity contribution >= 4 is 17.9 Å². The van der Waals surface area contributed by atoms with Gasteiger partial charge >= 0.3 is 6.09 Å². The van der Waals surface area contributed by atoms with Gasteiger partial charge in [-0.15, -0.1) is 0 Å². The molecule has 114 valence electrons. The fraction of sp³-hybridized carbons (Fsp3) is 0.357. The number of carbonyl (C=O) groups excluding carboxylic acids is 3. The predicted molar refractivity (Wildman–Crippen MR) is 76.0 cm³/mol. The summed E-state index contributed by atoms with van der Waals surface area (Å²) >= 11 is 0. The molecule has 1 aromatic rings. The monoisotopic (exact) mass is 293 g/mol. The Hall–Kier alpha value is -2.57. The van der Waals surface area contributed by atoms with Crippen LogP contribution in [0.25, 0.3) is 0 Å². The first-order valence-electron chi connectivity index (χ1n) is 6.47. The zero-order chi connectivity index (χ0) is 15.8. The lowest BCUT2D eigenvalue weighted by Gasteiger charge is -2.16. The highest BCUT2D eigenvalue weighted by atomic mass is 16.5. The molecule has 1 rings (SSSR count). The first kappa shape index (κ1) is 16.5. The van der Waals surface area contributed by atoms with Gasteiger partial charge in [0.15, 0.2) is 0 Å². The van der Waals surface area contributed by atoms with Gasteiger partial charge in [-0.25, -0.2) is 4.79 Å².